The maximum absolute atomic E-state index is 12.4. The number of nitrogens with zero attached hydrogens (tertiary/aromatic N) is 1. The average Bonchev–Trinajstić information content (AvgIpc) is 2.93. The molecule has 1 heterocycles. The molecule has 1 aromatic heterocycles. The first-order chi connectivity index (χ1) is 12.2. The van der Waals surface area contributed by atoms with Crippen molar-refractivity contribution in [1.29, 1.82) is 0 Å². The van der Waals surface area contributed by atoms with Crippen LogP contribution in [0.25, 0.3) is 0 Å². The number of hydrogen-bond donors (Lipinski definition) is 3. The van der Waals surface area contributed by atoms with Crippen molar-refractivity contribution in [2.75, 3.05) is 24.2 Å². The van der Waals surface area contributed by atoms with Crippen LogP contribution in [-0.2, 0) is 10.0 Å². The predicted molar refractivity (Wildman–Crippen MR) is 105 cm³/mol. The highest BCUT2D eigenvalue weighted by molar-refractivity contribution is 7.91. The van der Waals surface area contributed by atoms with Gasteiger partial charge in [-0.15, -0.1) is 11.3 Å². The molecular weight excluding hydrogens is 421 g/mol. The summed E-state index contributed by atoms with van der Waals surface area (Å²) in [7, 11) is -2.40. The number of urea groups is 1. The van der Waals surface area contributed by atoms with Crippen LogP contribution in [0.3, 0.4) is 0 Å². The third-order valence-electron chi connectivity index (χ3n) is 3.36. The second-order valence-corrected chi connectivity index (χ2v) is 9.20. The van der Waals surface area contributed by atoms with Crippen LogP contribution in [0.4, 0.5) is 16.2 Å². The number of rotatable bonds is 6. The summed E-state index contributed by atoms with van der Waals surface area (Å²) in [5.74, 6) is -0.509. The summed E-state index contributed by atoms with van der Waals surface area (Å²) in [6.45, 7) is 2.16. The molecule has 0 atom stereocenters. The van der Waals surface area contributed by atoms with Gasteiger partial charge in [0.05, 0.1) is 21.4 Å². The van der Waals surface area contributed by atoms with Crippen LogP contribution in [0.5, 0.6) is 5.75 Å². The van der Waals surface area contributed by atoms with E-state index in [4.69, 9.17) is 23.2 Å². The summed E-state index contributed by atoms with van der Waals surface area (Å²) in [4.78, 5) is 12.1. The second kappa shape index (κ2) is 8.45. The highest BCUT2D eigenvalue weighted by Crippen LogP contribution is 2.39. The molecule has 26 heavy (non-hydrogen) atoms. The molecule has 7 nitrogen and oxygen atoms in total. The topological polar surface area (TPSA) is 98.7 Å². The van der Waals surface area contributed by atoms with Gasteiger partial charge in [0.2, 0.25) is 0 Å². The van der Waals surface area contributed by atoms with Crippen LogP contribution in [0.1, 0.15) is 13.3 Å². The van der Waals surface area contributed by atoms with Gasteiger partial charge in [0.1, 0.15) is 0 Å². The number of thiophene rings is 1. The Morgan fingerprint density at radius 2 is 1.92 bits per heavy atom. The number of sulfonamides is 1. The number of carbonyl (C=O) groups excluding carboxylic acids is 1. The van der Waals surface area contributed by atoms with E-state index in [9.17, 15) is 18.3 Å². The fourth-order valence-corrected chi connectivity index (χ4v) is 5.10. The van der Waals surface area contributed by atoms with Crippen LogP contribution in [-0.4, -0.2) is 37.5 Å². The van der Waals surface area contributed by atoms with E-state index in [-0.39, 0.29) is 25.6 Å². The molecule has 0 bridgehead atoms. The minimum absolute atomic E-state index is 0.0193. The molecule has 0 aliphatic carbocycles. The molecule has 0 radical (unpaired) electrons. The Hall–Kier alpha value is -1.52. The van der Waals surface area contributed by atoms with E-state index < -0.39 is 21.8 Å². The van der Waals surface area contributed by atoms with Gasteiger partial charge >= 0.3 is 6.03 Å². The minimum atomic E-state index is -3.83. The van der Waals surface area contributed by atoms with Gasteiger partial charge < -0.3 is 15.7 Å². The lowest BCUT2D eigenvalue weighted by Gasteiger charge is -2.15. The molecule has 0 aliphatic rings. The van der Waals surface area contributed by atoms with E-state index in [0.29, 0.717) is 13.0 Å². The Kier molecular flexibility index (Phi) is 6.75. The molecule has 2 aromatic rings. The third kappa shape index (κ3) is 4.41. The molecule has 142 valence electrons. The number of anilines is 2. The van der Waals surface area contributed by atoms with Crippen molar-refractivity contribution in [3.05, 3.63) is 33.6 Å². The molecule has 0 saturated carbocycles. The fourth-order valence-electron chi connectivity index (χ4n) is 2.06. The highest BCUT2D eigenvalue weighted by Gasteiger charge is 2.28. The van der Waals surface area contributed by atoms with Crippen LogP contribution in [0.15, 0.2) is 27.8 Å². The standard InChI is InChI=1S/C15H17Cl2N3O4S2/c1-3-7-20(2)26(23,24)14-13(21)11(8-25-14)19-15(22)18-10-6-4-5-9(16)12(10)17/h4-6,8,21H,3,7H2,1-2H3,(H2,18,19,22). The van der Waals surface area contributed by atoms with Crippen molar-refractivity contribution in [2.24, 2.45) is 0 Å². The molecule has 0 unspecified atom stereocenters. The van der Waals surface area contributed by atoms with Crippen LogP contribution < -0.4 is 10.6 Å². The molecule has 2 rings (SSSR count). The lowest BCUT2D eigenvalue weighted by Crippen LogP contribution is -2.27. The van der Waals surface area contributed by atoms with Gasteiger partial charge in [-0.1, -0.05) is 36.2 Å². The Morgan fingerprint density at radius 1 is 1.27 bits per heavy atom. The molecule has 0 saturated heterocycles. The van der Waals surface area contributed by atoms with Gasteiger partial charge in [-0.2, -0.15) is 0 Å². The number of carbonyl (C=O) groups is 1. The molecule has 1 aromatic carbocycles. The fraction of sp³-hybridized carbons (Fsp3) is 0.267. The largest absolute Gasteiger partial charge is 0.504 e. The predicted octanol–water partition coefficient (Wildman–Crippen LogP) is 4.44. The van der Waals surface area contributed by atoms with Crippen LogP contribution >= 0.6 is 34.5 Å². The summed E-state index contributed by atoms with van der Waals surface area (Å²) >= 11 is 12.7. The lowest BCUT2D eigenvalue weighted by atomic mass is 10.3. The zero-order valence-electron chi connectivity index (χ0n) is 13.9. The second-order valence-electron chi connectivity index (χ2n) is 5.29. The van der Waals surface area contributed by atoms with Crippen molar-refractivity contribution in [3.63, 3.8) is 0 Å². The van der Waals surface area contributed by atoms with Gasteiger partial charge in [-0.05, 0) is 18.6 Å². The first kappa shape index (κ1) is 20.8. The van der Waals surface area contributed by atoms with Crippen LogP contribution in [0, 0.1) is 0 Å². The Balaban J connectivity index is 2.17. The number of nitrogens with one attached hydrogen (secondary N) is 2. The molecule has 2 amide bonds. The van der Waals surface area contributed by atoms with E-state index in [1.807, 2.05) is 6.92 Å². The maximum atomic E-state index is 12.4. The van der Waals surface area contributed by atoms with E-state index in [1.165, 1.54) is 12.4 Å². The lowest BCUT2D eigenvalue weighted by molar-refractivity contribution is 0.262. The number of hydrogen-bond acceptors (Lipinski definition) is 5. The van der Waals surface area contributed by atoms with Gasteiger partial charge in [0.25, 0.3) is 10.0 Å². The molecule has 0 spiro atoms. The van der Waals surface area contributed by atoms with E-state index >= 15 is 0 Å². The molecule has 0 aliphatic heterocycles. The monoisotopic (exact) mass is 437 g/mol. The van der Waals surface area contributed by atoms with E-state index in [0.717, 1.165) is 15.6 Å². The summed E-state index contributed by atoms with van der Waals surface area (Å²) < 4.78 is 25.8. The summed E-state index contributed by atoms with van der Waals surface area (Å²) in [6, 6.07) is 4.03. The maximum Gasteiger partial charge on any atom is 0.323 e. The van der Waals surface area contributed by atoms with Gasteiger partial charge in [-0.25, -0.2) is 17.5 Å². The number of aromatic hydroxyl groups is 1. The zero-order chi connectivity index (χ0) is 19.5. The molecule has 11 heteroatoms. The number of amides is 2. The normalized spacial score (nSPS) is 11.6. The highest BCUT2D eigenvalue weighted by atomic mass is 35.5. The molecular formula is C15H17Cl2N3O4S2. The molecule has 3 N–H and O–H groups in total. The molecule has 0 fully saturated rings. The zero-order valence-corrected chi connectivity index (χ0v) is 17.1. The van der Waals surface area contributed by atoms with Crippen molar-refractivity contribution >= 4 is 62.0 Å². The third-order valence-corrected chi connectivity index (χ3v) is 7.53. The van der Waals surface area contributed by atoms with Gasteiger partial charge in [0, 0.05) is 19.0 Å². The minimum Gasteiger partial charge on any atom is -0.504 e. The number of halogens is 2. The Morgan fingerprint density at radius 3 is 2.58 bits per heavy atom. The van der Waals surface area contributed by atoms with Crippen LogP contribution in [0.2, 0.25) is 10.0 Å². The van der Waals surface area contributed by atoms with Gasteiger partial charge in [0.15, 0.2) is 9.96 Å². The average molecular weight is 438 g/mol. The first-order valence-corrected chi connectivity index (χ1v) is 10.5. The number of benzene rings is 1. The van der Waals surface area contributed by atoms with E-state index in [2.05, 4.69) is 10.6 Å². The smallest absolute Gasteiger partial charge is 0.323 e. The van der Waals surface area contributed by atoms with Crippen molar-refractivity contribution < 1.29 is 18.3 Å². The quantitative estimate of drug-likeness (QED) is 0.621. The summed E-state index contributed by atoms with van der Waals surface area (Å²) in [6.07, 6.45) is 0.635. The SMILES string of the molecule is CCCN(C)S(=O)(=O)c1scc(NC(=O)Nc2cccc(Cl)c2Cl)c1O. The van der Waals surface area contributed by atoms with E-state index in [1.54, 1.807) is 18.2 Å². The Bertz CT molecular complexity index is 916. The van der Waals surface area contributed by atoms with Crippen molar-refractivity contribution in [3.8, 4) is 5.75 Å². The Labute approximate surface area is 165 Å². The summed E-state index contributed by atoms with van der Waals surface area (Å²) in [5.41, 5.74) is 0.260. The van der Waals surface area contributed by atoms with Crippen molar-refractivity contribution in [1.82, 2.24) is 4.31 Å². The van der Waals surface area contributed by atoms with Crippen molar-refractivity contribution in [2.45, 2.75) is 17.6 Å². The first-order valence-electron chi connectivity index (χ1n) is 7.47. The van der Waals surface area contributed by atoms with Gasteiger partial charge in [-0.3, -0.25) is 0 Å². The summed E-state index contributed by atoms with van der Waals surface area (Å²) in [5, 5.41) is 16.9.